The number of unbranched alkanes of at least 4 members (excludes halogenated alkanes) is 18. The van der Waals surface area contributed by atoms with Crippen LogP contribution in [0.2, 0.25) is 0 Å². The summed E-state index contributed by atoms with van der Waals surface area (Å²) in [7, 11) is 4.14. The summed E-state index contributed by atoms with van der Waals surface area (Å²) >= 11 is 0. The van der Waals surface area contributed by atoms with E-state index in [0.29, 0.717) is 0 Å². The lowest BCUT2D eigenvalue weighted by Crippen LogP contribution is -2.34. The van der Waals surface area contributed by atoms with E-state index in [9.17, 15) is 4.79 Å². The van der Waals surface area contributed by atoms with Crippen molar-refractivity contribution in [1.82, 2.24) is 4.90 Å². The van der Waals surface area contributed by atoms with Crippen molar-refractivity contribution in [2.24, 2.45) is 5.92 Å². The first-order valence-electron chi connectivity index (χ1n) is 21.1. The van der Waals surface area contributed by atoms with Crippen LogP contribution in [-0.2, 0) is 14.3 Å². The summed E-state index contributed by atoms with van der Waals surface area (Å²) in [4.78, 5) is 14.9. The van der Waals surface area contributed by atoms with E-state index in [-0.39, 0.29) is 29.7 Å². The minimum Gasteiger partial charge on any atom is -0.459 e. The van der Waals surface area contributed by atoms with Crippen molar-refractivity contribution in [3.05, 3.63) is 48.6 Å². The second-order valence-electron chi connectivity index (χ2n) is 15.5. The van der Waals surface area contributed by atoms with Gasteiger partial charge in [-0.15, -0.1) is 0 Å². The number of cyclic esters (lactones) is 1. The molecule has 3 atom stereocenters. The van der Waals surface area contributed by atoms with Crippen LogP contribution in [0.5, 0.6) is 0 Å². The average molecular weight is 682 g/mol. The van der Waals surface area contributed by atoms with Crippen LogP contribution in [-0.4, -0.2) is 49.3 Å². The molecule has 0 aromatic heterocycles. The SMILES string of the molecule is CCCCC/C=C\C/C=C\CCCCCCCCC1(CCCCCCCC/C=C\C/C=C\CCCCC)C[C@@H]2C(O1)C(=O)O[C@@H]2CN(C)C. The maximum Gasteiger partial charge on any atom is 0.336 e. The molecule has 0 N–H and O–H groups in total. The highest BCUT2D eigenvalue weighted by Gasteiger charge is 2.56. The fraction of sp³-hybridized carbons (Fsp3) is 0.800. The van der Waals surface area contributed by atoms with E-state index >= 15 is 0 Å². The summed E-state index contributed by atoms with van der Waals surface area (Å²) in [5, 5.41) is 0. The molecular weight excluding hydrogens is 602 g/mol. The molecule has 2 heterocycles. The molecule has 0 saturated carbocycles. The Balaban J connectivity index is 1.63. The van der Waals surface area contributed by atoms with Crippen LogP contribution >= 0.6 is 0 Å². The number of hydrogen-bond donors (Lipinski definition) is 0. The Morgan fingerprint density at radius 3 is 1.43 bits per heavy atom. The van der Waals surface area contributed by atoms with E-state index in [0.717, 1.165) is 38.6 Å². The molecule has 0 aromatic rings. The van der Waals surface area contributed by atoms with Gasteiger partial charge in [0.1, 0.15) is 6.10 Å². The van der Waals surface area contributed by atoms with Gasteiger partial charge in [0.05, 0.1) is 5.60 Å². The van der Waals surface area contributed by atoms with Crippen molar-refractivity contribution in [1.29, 1.82) is 0 Å². The third-order valence-corrected chi connectivity index (χ3v) is 10.6. The summed E-state index contributed by atoms with van der Waals surface area (Å²) in [6.07, 6.45) is 52.0. The highest BCUT2D eigenvalue weighted by atomic mass is 16.6. The number of hydrogen-bond acceptors (Lipinski definition) is 4. The van der Waals surface area contributed by atoms with Crippen molar-refractivity contribution in [2.75, 3.05) is 20.6 Å². The molecule has 0 spiro atoms. The van der Waals surface area contributed by atoms with Crippen molar-refractivity contribution >= 4 is 5.97 Å². The maximum atomic E-state index is 12.8. The van der Waals surface area contributed by atoms with Crippen molar-refractivity contribution in [3.8, 4) is 0 Å². The zero-order valence-electron chi connectivity index (χ0n) is 32.8. The van der Waals surface area contributed by atoms with Gasteiger partial charge >= 0.3 is 5.97 Å². The Morgan fingerprint density at radius 2 is 1.00 bits per heavy atom. The van der Waals surface area contributed by atoms with Gasteiger partial charge in [-0.3, -0.25) is 0 Å². The van der Waals surface area contributed by atoms with Gasteiger partial charge in [-0.25, -0.2) is 4.79 Å². The minimum absolute atomic E-state index is 0.0268. The van der Waals surface area contributed by atoms with Crippen LogP contribution in [0, 0.1) is 5.92 Å². The first kappa shape index (κ1) is 43.5. The number of esters is 1. The van der Waals surface area contributed by atoms with Crippen LogP contribution < -0.4 is 0 Å². The number of allylic oxidation sites excluding steroid dienone is 8. The largest absolute Gasteiger partial charge is 0.459 e. The molecule has 2 aliphatic heterocycles. The Bertz CT molecular complexity index is 870. The first-order valence-corrected chi connectivity index (χ1v) is 21.1. The summed E-state index contributed by atoms with van der Waals surface area (Å²) in [5.41, 5.74) is -0.135. The van der Waals surface area contributed by atoms with E-state index in [1.807, 2.05) is 0 Å². The second kappa shape index (κ2) is 29.0. The van der Waals surface area contributed by atoms with Crippen LogP contribution in [0.4, 0.5) is 0 Å². The molecular formula is C45H79NO3. The predicted molar refractivity (Wildman–Crippen MR) is 212 cm³/mol. The number of likely N-dealkylation sites (N-methyl/N-ethyl adjacent to an activating group) is 1. The van der Waals surface area contributed by atoms with Gasteiger partial charge < -0.3 is 14.4 Å². The molecule has 2 aliphatic rings. The molecule has 4 nitrogen and oxygen atoms in total. The van der Waals surface area contributed by atoms with E-state index in [1.165, 1.54) is 141 Å². The zero-order valence-corrected chi connectivity index (χ0v) is 32.8. The highest BCUT2D eigenvalue weighted by Crippen LogP contribution is 2.47. The average Bonchev–Trinajstić information content (AvgIpc) is 3.59. The number of fused-ring (bicyclic) bond motifs is 1. The molecule has 4 heteroatoms. The smallest absolute Gasteiger partial charge is 0.336 e. The molecule has 2 rings (SSSR count). The van der Waals surface area contributed by atoms with E-state index in [1.54, 1.807) is 0 Å². The van der Waals surface area contributed by atoms with Crippen molar-refractivity contribution in [2.45, 2.75) is 205 Å². The number of carbonyl (C=O) groups is 1. The Kier molecular flexibility index (Phi) is 25.7. The van der Waals surface area contributed by atoms with E-state index in [4.69, 9.17) is 9.47 Å². The van der Waals surface area contributed by atoms with Crippen LogP contribution in [0.3, 0.4) is 0 Å². The Morgan fingerprint density at radius 1 is 0.592 bits per heavy atom. The van der Waals surface area contributed by atoms with Crippen LogP contribution in [0.1, 0.15) is 187 Å². The molecule has 2 saturated heterocycles. The third-order valence-electron chi connectivity index (χ3n) is 10.6. The van der Waals surface area contributed by atoms with E-state index in [2.05, 4.69) is 81.5 Å². The van der Waals surface area contributed by atoms with Crippen LogP contribution in [0.15, 0.2) is 48.6 Å². The molecule has 0 aliphatic carbocycles. The molecule has 49 heavy (non-hydrogen) atoms. The Hall–Kier alpha value is -1.65. The maximum absolute atomic E-state index is 12.8. The third kappa shape index (κ3) is 20.7. The summed E-state index contributed by atoms with van der Waals surface area (Å²) in [6, 6.07) is 0. The molecule has 0 amide bonds. The normalized spacial score (nSPS) is 20.7. The van der Waals surface area contributed by atoms with Gasteiger partial charge in [0.15, 0.2) is 6.10 Å². The van der Waals surface area contributed by atoms with E-state index < -0.39 is 0 Å². The predicted octanol–water partition coefficient (Wildman–Crippen LogP) is 13.0. The lowest BCUT2D eigenvalue weighted by atomic mass is 9.82. The Labute approximate surface area is 304 Å². The fourth-order valence-electron chi connectivity index (χ4n) is 7.64. The van der Waals surface area contributed by atoms with Gasteiger partial charge in [-0.2, -0.15) is 0 Å². The number of ether oxygens (including phenoxy) is 2. The fourth-order valence-corrected chi connectivity index (χ4v) is 7.64. The monoisotopic (exact) mass is 682 g/mol. The van der Waals surface area contributed by atoms with Gasteiger partial charge in [-0.05, 0) is 97.6 Å². The van der Waals surface area contributed by atoms with Gasteiger partial charge in [0, 0.05) is 12.5 Å². The molecule has 282 valence electrons. The van der Waals surface area contributed by atoms with Crippen molar-refractivity contribution < 1.29 is 14.3 Å². The molecule has 0 bridgehead atoms. The standard InChI is InChI=1S/C45H79NO3/c1-5-7-9-11-13-15-17-19-21-23-25-27-29-31-33-35-37-45(39-41-42(40-46(3)4)48-44(47)43(41)49-45)38-36-34-32-30-28-26-24-22-20-18-16-14-12-10-8-6-2/h13-16,19-22,41-43H,5-12,17-18,23-40H2,1-4H3/b15-13-,16-14-,21-19-,22-20-/t41-,42+,43?/m0/s1. The summed E-state index contributed by atoms with van der Waals surface area (Å²) in [5.74, 6) is 0.0944. The number of nitrogens with zero attached hydrogens (tertiary/aromatic N) is 1. The minimum atomic E-state index is -0.348. The molecule has 2 fully saturated rings. The lowest BCUT2D eigenvalue weighted by molar-refractivity contribution is -0.157. The topological polar surface area (TPSA) is 38.8 Å². The van der Waals surface area contributed by atoms with Gasteiger partial charge in [-0.1, -0.05) is 152 Å². The highest BCUT2D eigenvalue weighted by molar-refractivity contribution is 5.78. The molecule has 0 aromatic carbocycles. The van der Waals surface area contributed by atoms with Crippen LogP contribution in [0.25, 0.3) is 0 Å². The summed E-state index contributed by atoms with van der Waals surface area (Å²) < 4.78 is 12.5. The molecule has 1 unspecified atom stereocenters. The van der Waals surface area contributed by atoms with Crippen molar-refractivity contribution in [3.63, 3.8) is 0 Å². The molecule has 0 radical (unpaired) electrons. The second-order valence-corrected chi connectivity index (χ2v) is 15.5. The zero-order chi connectivity index (χ0) is 35.3. The van der Waals surface area contributed by atoms with Gasteiger partial charge in [0.2, 0.25) is 0 Å². The number of rotatable bonds is 32. The number of carbonyl (C=O) groups excluding carboxylic acids is 1. The summed E-state index contributed by atoms with van der Waals surface area (Å²) in [6.45, 7) is 5.32. The quantitative estimate of drug-likeness (QED) is 0.0402. The van der Waals surface area contributed by atoms with Gasteiger partial charge in [0.25, 0.3) is 0 Å². The first-order chi connectivity index (χ1) is 24.0. The lowest BCUT2D eigenvalue weighted by Gasteiger charge is -2.31.